The number of para-hydroxylation sites is 2. The molecule has 3 rings (SSSR count). The fourth-order valence-corrected chi connectivity index (χ4v) is 6.15. The zero-order chi connectivity index (χ0) is 34.7. The third kappa shape index (κ3) is 10.7. The average Bonchev–Trinajstić information content (AvgIpc) is 3.57. The Morgan fingerprint density at radius 3 is 2.00 bits per heavy atom. The van der Waals surface area contributed by atoms with Crippen LogP contribution in [0.4, 0.5) is 5.69 Å². The molecule has 2 heterocycles. The Bertz CT molecular complexity index is 1440. The van der Waals surface area contributed by atoms with E-state index in [1.807, 2.05) is 44.3 Å². The summed E-state index contributed by atoms with van der Waals surface area (Å²) < 4.78 is 7.72. The van der Waals surface area contributed by atoms with Crippen LogP contribution in [0.5, 0.6) is 5.75 Å². The quantitative estimate of drug-likeness (QED) is 0.104. The third-order valence-corrected chi connectivity index (χ3v) is 9.76. The number of unbranched alkanes of at least 4 members (excludes halogenated alkanes) is 11. The van der Waals surface area contributed by atoms with Crippen molar-refractivity contribution in [2.45, 2.75) is 155 Å². The van der Waals surface area contributed by atoms with Crippen molar-refractivity contribution in [1.82, 2.24) is 25.1 Å². The Balaban J connectivity index is 1.46. The minimum Gasteiger partial charge on any atom is -0.482 e. The fourth-order valence-electron chi connectivity index (χ4n) is 5.71. The van der Waals surface area contributed by atoms with Crippen molar-refractivity contribution in [3.8, 4) is 5.75 Å². The SMILES string of the molecule is CCCCCCCCCCCCCCC(=O)Nc1ccccc1OCC(=O)NC(C)(C)C(C)(C)c1nnc2c(Cl)c(C(C)(C)C)[nH]n12. The smallest absolute Gasteiger partial charge is 0.258 e. The highest BCUT2D eigenvalue weighted by Crippen LogP contribution is 2.37. The predicted molar refractivity (Wildman–Crippen MR) is 193 cm³/mol. The van der Waals surface area contributed by atoms with Gasteiger partial charge in [-0.1, -0.05) is 136 Å². The lowest BCUT2D eigenvalue weighted by Crippen LogP contribution is -2.57. The third-order valence-electron chi connectivity index (χ3n) is 9.40. The number of H-pyrrole nitrogens is 1. The van der Waals surface area contributed by atoms with Crippen LogP contribution in [-0.4, -0.2) is 43.8 Å². The average molecular weight is 671 g/mol. The second-order valence-electron chi connectivity index (χ2n) is 15.0. The Morgan fingerprint density at radius 1 is 0.830 bits per heavy atom. The number of anilines is 1. The van der Waals surface area contributed by atoms with E-state index < -0.39 is 11.0 Å². The number of ether oxygens (including phenoxy) is 1. The summed E-state index contributed by atoms with van der Waals surface area (Å²) in [5.74, 6) is 0.774. The normalized spacial score (nSPS) is 12.4. The van der Waals surface area contributed by atoms with Crippen LogP contribution in [0, 0.1) is 0 Å². The van der Waals surface area contributed by atoms with Crippen LogP contribution in [0.25, 0.3) is 5.65 Å². The number of nitrogens with zero attached hydrogens (tertiary/aromatic N) is 3. The van der Waals surface area contributed by atoms with E-state index in [0.29, 0.717) is 34.4 Å². The Kier molecular flexibility index (Phi) is 14.2. The summed E-state index contributed by atoms with van der Waals surface area (Å²) >= 11 is 6.65. The minimum absolute atomic E-state index is 0.0425. The lowest BCUT2D eigenvalue weighted by Gasteiger charge is -2.40. The lowest BCUT2D eigenvalue weighted by atomic mass is 9.73. The van der Waals surface area contributed by atoms with Crippen molar-refractivity contribution in [3.05, 3.63) is 40.8 Å². The van der Waals surface area contributed by atoms with E-state index in [0.717, 1.165) is 18.5 Å². The van der Waals surface area contributed by atoms with Crippen molar-refractivity contribution in [3.63, 3.8) is 0 Å². The highest BCUT2D eigenvalue weighted by molar-refractivity contribution is 6.34. The van der Waals surface area contributed by atoms with Gasteiger partial charge in [-0.05, 0) is 32.4 Å². The van der Waals surface area contributed by atoms with Crippen molar-refractivity contribution in [2.75, 3.05) is 11.9 Å². The van der Waals surface area contributed by atoms with Crippen molar-refractivity contribution in [1.29, 1.82) is 0 Å². The van der Waals surface area contributed by atoms with Gasteiger partial charge in [0.05, 0.1) is 11.4 Å². The topological polar surface area (TPSA) is 113 Å². The van der Waals surface area contributed by atoms with Gasteiger partial charge in [-0.25, -0.2) is 4.52 Å². The van der Waals surface area contributed by atoms with Gasteiger partial charge >= 0.3 is 0 Å². The molecule has 0 spiro atoms. The molecular weight excluding hydrogens is 612 g/mol. The number of hydrogen-bond donors (Lipinski definition) is 3. The molecule has 0 radical (unpaired) electrons. The van der Waals surface area contributed by atoms with Gasteiger partial charge in [-0.15, -0.1) is 10.2 Å². The monoisotopic (exact) mass is 670 g/mol. The van der Waals surface area contributed by atoms with Gasteiger partial charge in [0.1, 0.15) is 10.8 Å². The van der Waals surface area contributed by atoms with Crippen LogP contribution < -0.4 is 15.4 Å². The van der Waals surface area contributed by atoms with Gasteiger partial charge in [0, 0.05) is 22.8 Å². The maximum absolute atomic E-state index is 13.2. The second-order valence-corrected chi connectivity index (χ2v) is 15.4. The van der Waals surface area contributed by atoms with Crippen molar-refractivity contribution >= 4 is 34.7 Å². The summed E-state index contributed by atoms with van der Waals surface area (Å²) in [6.45, 7) is 16.2. The first-order chi connectivity index (χ1) is 22.2. The maximum atomic E-state index is 13.2. The molecule has 2 aromatic heterocycles. The number of aromatic amines is 1. The van der Waals surface area contributed by atoms with E-state index in [9.17, 15) is 9.59 Å². The molecule has 2 amide bonds. The standard InChI is InChI=1S/C37H59ClN6O3/c1-9-10-11-12-13-14-15-16-17-18-19-20-25-29(45)39-27-23-21-22-24-28(27)47-26-30(46)40-37(7,8)36(5,6)34-42-41-33-31(38)32(35(2,3)4)43-44(33)34/h21-24,43H,9-20,25-26H2,1-8H3,(H,39,45)(H,40,46). The molecule has 0 bridgehead atoms. The number of carbonyl (C=O) groups is 2. The van der Waals surface area contributed by atoms with Crippen molar-refractivity contribution < 1.29 is 14.3 Å². The van der Waals surface area contributed by atoms with Crippen LogP contribution in [0.15, 0.2) is 24.3 Å². The summed E-state index contributed by atoms with van der Waals surface area (Å²) in [7, 11) is 0. The lowest BCUT2D eigenvalue weighted by molar-refractivity contribution is -0.125. The summed E-state index contributed by atoms with van der Waals surface area (Å²) in [6.07, 6.45) is 15.5. The Hall–Kier alpha value is -3.07. The molecule has 0 saturated heterocycles. The van der Waals surface area contributed by atoms with Crippen LogP contribution in [0.1, 0.15) is 150 Å². The molecular formula is C37H59ClN6O3. The van der Waals surface area contributed by atoms with Crippen LogP contribution >= 0.6 is 11.6 Å². The zero-order valence-corrected chi connectivity index (χ0v) is 30.9. The molecule has 47 heavy (non-hydrogen) atoms. The van der Waals surface area contributed by atoms with E-state index in [-0.39, 0.29) is 23.8 Å². The molecule has 0 fully saturated rings. The van der Waals surface area contributed by atoms with E-state index >= 15 is 0 Å². The predicted octanol–water partition coefficient (Wildman–Crippen LogP) is 9.29. The highest BCUT2D eigenvalue weighted by Gasteiger charge is 2.44. The molecule has 0 aliphatic carbocycles. The first-order valence-electron chi connectivity index (χ1n) is 17.6. The molecule has 0 saturated carbocycles. The largest absolute Gasteiger partial charge is 0.482 e. The first kappa shape index (κ1) is 38.4. The van der Waals surface area contributed by atoms with Gasteiger partial charge in [-0.3, -0.25) is 14.7 Å². The van der Waals surface area contributed by atoms with Crippen LogP contribution in [-0.2, 0) is 20.4 Å². The molecule has 0 aliphatic heterocycles. The zero-order valence-electron chi connectivity index (χ0n) is 30.2. The van der Waals surface area contributed by atoms with E-state index in [1.54, 1.807) is 12.1 Å². The molecule has 0 aliphatic rings. The number of amides is 2. The van der Waals surface area contributed by atoms with Gasteiger partial charge in [-0.2, -0.15) is 0 Å². The highest BCUT2D eigenvalue weighted by atomic mass is 35.5. The van der Waals surface area contributed by atoms with Gasteiger partial charge in [0.15, 0.2) is 18.1 Å². The number of rotatable bonds is 20. The number of benzene rings is 1. The number of fused-ring (bicyclic) bond motifs is 1. The number of halogens is 1. The molecule has 3 N–H and O–H groups in total. The summed E-state index contributed by atoms with van der Waals surface area (Å²) in [4.78, 5) is 25.9. The molecule has 10 heteroatoms. The second kappa shape index (κ2) is 17.4. The number of hydrogen-bond acceptors (Lipinski definition) is 5. The number of carbonyl (C=O) groups excluding carboxylic acids is 2. The van der Waals surface area contributed by atoms with E-state index in [4.69, 9.17) is 16.3 Å². The van der Waals surface area contributed by atoms with E-state index in [2.05, 4.69) is 53.6 Å². The summed E-state index contributed by atoms with van der Waals surface area (Å²) in [5.41, 5.74) is 0.401. The molecule has 3 aromatic rings. The van der Waals surface area contributed by atoms with Gasteiger partial charge in [0.25, 0.3) is 5.91 Å². The number of nitrogens with one attached hydrogen (secondary N) is 3. The van der Waals surface area contributed by atoms with Gasteiger partial charge < -0.3 is 15.4 Å². The first-order valence-corrected chi connectivity index (χ1v) is 18.0. The Labute approximate surface area is 287 Å². The summed E-state index contributed by atoms with van der Waals surface area (Å²) in [5, 5.41) is 18.8. The van der Waals surface area contributed by atoms with Crippen LogP contribution in [0.3, 0.4) is 0 Å². The minimum atomic E-state index is -0.738. The molecule has 0 atom stereocenters. The molecule has 1 aromatic carbocycles. The molecule has 262 valence electrons. The fraction of sp³-hybridized carbons (Fsp3) is 0.676. The van der Waals surface area contributed by atoms with Crippen LogP contribution in [0.2, 0.25) is 5.02 Å². The number of aromatic nitrogens is 4. The maximum Gasteiger partial charge on any atom is 0.258 e. The molecule has 0 unspecified atom stereocenters. The van der Waals surface area contributed by atoms with Crippen molar-refractivity contribution in [2.24, 2.45) is 0 Å². The summed E-state index contributed by atoms with van der Waals surface area (Å²) in [6, 6.07) is 7.22. The Morgan fingerprint density at radius 2 is 1.40 bits per heavy atom. The molecule has 9 nitrogen and oxygen atoms in total. The van der Waals surface area contributed by atoms with E-state index in [1.165, 1.54) is 64.2 Å². The van der Waals surface area contributed by atoms with Gasteiger partial charge in [0.2, 0.25) is 5.91 Å².